The Morgan fingerprint density at radius 2 is 2.12 bits per heavy atom. The molecule has 1 saturated heterocycles. The monoisotopic (exact) mass is 355 g/mol. The van der Waals surface area contributed by atoms with Crippen LogP contribution in [0.3, 0.4) is 0 Å². The zero-order valence-corrected chi connectivity index (χ0v) is 15.0. The third-order valence-corrected chi connectivity index (χ3v) is 4.69. The number of hydrogen-bond donors (Lipinski definition) is 2. The number of rotatable bonds is 4. The van der Waals surface area contributed by atoms with E-state index in [9.17, 15) is 4.79 Å². The van der Waals surface area contributed by atoms with E-state index in [1.807, 2.05) is 18.2 Å². The van der Waals surface area contributed by atoms with Gasteiger partial charge in [-0.1, -0.05) is 19.9 Å². The quantitative estimate of drug-likeness (QED) is 0.856. The zero-order valence-electron chi connectivity index (χ0n) is 14.2. The number of carbonyl (C=O) groups excluding carboxylic acids is 1. The number of halogens is 1. The predicted molar refractivity (Wildman–Crippen MR) is 94.5 cm³/mol. The van der Waals surface area contributed by atoms with Crippen molar-refractivity contribution >= 4 is 18.3 Å². The Morgan fingerprint density at radius 3 is 2.88 bits per heavy atom. The van der Waals surface area contributed by atoms with Crippen molar-refractivity contribution in [2.45, 2.75) is 32.9 Å². The second-order valence-electron chi connectivity index (χ2n) is 7.06. The molecule has 7 heteroatoms. The molecule has 1 aromatic carbocycles. The van der Waals surface area contributed by atoms with Crippen LogP contribution in [0.1, 0.15) is 25.8 Å². The van der Waals surface area contributed by atoms with Crippen molar-refractivity contribution in [3.63, 3.8) is 0 Å². The van der Waals surface area contributed by atoms with Gasteiger partial charge in [-0.2, -0.15) is 0 Å². The molecule has 0 radical (unpaired) electrons. The first-order valence-corrected chi connectivity index (χ1v) is 8.07. The second-order valence-corrected chi connectivity index (χ2v) is 7.06. The molecule has 1 unspecified atom stereocenters. The summed E-state index contributed by atoms with van der Waals surface area (Å²) in [5, 5.41) is 2.97. The molecule has 0 aromatic heterocycles. The van der Waals surface area contributed by atoms with E-state index in [-0.39, 0.29) is 36.6 Å². The highest BCUT2D eigenvalue weighted by Gasteiger charge is 2.33. The molecular formula is C17H26ClN3O3. The number of fused-ring (bicyclic) bond motifs is 1. The van der Waals surface area contributed by atoms with Crippen molar-refractivity contribution in [3.8, 4) is 11.5 Å². The van der Waals surface area contributed by atoms with E-state index in [1.54, 1.807) is 0 Å². The molecule has 2 aliphatic heterocycles. The molecule has 3 N–H and O–H groups in total. The van der Waals surface area contributed by atoms with Crippen molar-refractivity contribution in [1.82, 2.24) is 10.2 Å². The van der Waals surface area contributed by atoms with Gasteiger partial charge in [-0.05, 0) is 29.5 Å². The maximum atomic E-state index is 12.2. The van der Waals surface area contributed by atoms with E-state index < -0.39 is 0 Å². The molecule has 6 nitrogen and oxygen atoms in total. The summed E-state index contributed by atoms with van der Waals surface area (Å²) in [6.07, 6.45) is 0.933. The molecule has 0 aliphatic carbocycles. The Kier molecular flexibility index (Phi) is 5.96. The van der Waals surface area contributed by atoms with E-state index >= 15 is 0 Å². The lowest BCUT2D eigenvalue weighted by atomic mass is 9.80. The molecule has 0 spiro atoms. The molecule has 1 fully saturated rings. The van der Waals surface area contributed by atoms with Crippen LogP contribution in [0, 0.1) is 5.41 Å². The van der Waals surface area contributed by atoms with Crippen LogP contribution in [0.5, 0.6) is 11.5 Å². The van der Waals surface area contributed by atoms with Crippen LogP contribution >= 0.6 is 12.4 Å². The summed E-state index contributed by atoms with van der Waals surface area (Å²) in [5.74, 6) is 1.53. The summed E-state index contributed by atoms with van der Waals surface area (Å²) in [6.45, 7) is 7.22. The normalized spacial score (nSPS) is 21.9. The fourth-order valence-corrected chi connectivity index (χ4v) is 3.13. The standard InChI is InChI=1S/C17H25N3O3.ClH/c1-17(2)10-20(6-5-15(17)18)9-16(21)19-8-12-3-4-13-14(7-12)23-11-22-13;/h3-4,7,15H,5-6,8-11,18H2,1-2H3,(H,19,21);1H. The SMILES string of the molecule is CC1(C)CN(CC(=O)NCc2ccc3c(c2)OCO3)CCC1N.Cl. The van der Waals surface area contributed by atoms with Crippen LogP contribution in [0.15, 0.2) is 18.2 Å². The van der Waals surface area contributed by atoms with Gasteiger partial charge in [0.25, 0.3) is 0 Å². The number of nitrogens with zero attached hydrogens (tertiary/aromatic N) is 1. The van der Waals surface area contributed by atoms with E-state index in [0.717, 1.165) is 36.6 Å². The number of carbonyl (C=O) groups is 1. The lowest BCUT2D eigenvalue weighted by Gasteiger charge is -2.42. The van der Waals surface area contributed by atoms with Crippen molar-refractivity contribution in [2.75, 3.05) is 26.4 Å². The van der Waals surface area contributed by atoms with Gasteiger partial charge in [0, 0.05) is 25.7 Å². The van der Waals surface area contributed by atoms with E-state index in [4.69, 9.17) is 15.2 Å². The lowest BCUT2D eigenvalue weighted by molar-refractivity contribution is -0.123. The molecule has 0 saturated carbocycles. The Bertz CT molecular complexity index is 594. The highest BCUT2D eigenvalue weighted by Crippen LogP contribution is 2.32. The number of nitrogens with two attached hydrogens (primary N) is 1. The summed E-state index contributed by atoms with van der Waals surface area (Å²) in [6, 6.07) is 5.93. The number of hydrogen-bond acceptors (Lipinski definition) is 5. The molecule has 2 heterocycles. The smallest absolute Gasteiger partial charge is 0.234 e. The lowest BCUT2D eigenvalue weighted by Crippen LogP contribution is -2.54. The molecule has 134 valence electrons. The van der Waals surface area contributed by atoms with Crippen LogP contribution < -0.4 is 20.5 Å². The predicted octanol–water partition coefficient (Wildman–Crippen LogP) is 1.51. The van der Waals surface area contributed by atoms with E-state index in [2.05, 4.69) is 24.1 Å². The molecule has 1 aromatic rings. The number of ether oxygens (including phenoxy) is 2. The third-order valence-electron chi connectivity index (χ3n) is 4.69. The summed E-state index contributed by atoms with van der Waals surface area (Å²) in [4.78, 5) is 14.3. The van der Waals surface area contributed by atoms with Gasteiger partial charge in [-0.3, -0.25) is 9.69 Å². The van der Waals surface area contributed by atoms with Crippen molar-refractivity contribution in [1.29, 1.82) is 0 Å². The largest absolute Gasteiger partial charge is 0.454 e. The van der Waals surface area contributed by atoms with Gasteiger partial charge in [0.05, 0.1) is 6.54 Å². The third kappa shape index (κ3) is 4.32. The van der Waals surface area contributed by atoms with Crippen LogP contribution in [0.25, 0.3) is 0 Å². The minimum Gasteiger partial charge on any atom is -0.454 e. The minimum atomic E-state index is 0. The van der Waals surface area contributed by atoms with Crippen LogP contribution in [0.4, 0.5) is 0 Å². The molecule has 3 rings (SSSR count). The number of benzene rings is 1. The van der Waals surface area contributed by atoms with E-state index in [0.29, 0.717) is 13.1 Å². The number of piperidine rings is 1. The number of likely N-dealkylation sites (tertiary alicyclic amines) is 1. The Balaban J connectivity index is 0.00000208. The first-order valence-electron chi connectivity index (χ1n) is 8.07. The van der Waals surface area contributed by atoms with Crippen LogP contribution in [0.2, 0.25) is 0 Å². The number of nitrogens with one attached hydrogen (secondary N) is 1. The first-order chi connectivity index (χ1) is 10.9. The van der Waals surface area contributed by atoms with Gasteiger partial charge < -0.3 is 20.5 Å². The van der Waals surface area contributed by atoms with Gasteiger partial charge in [-0.25, -0.2) is 0 Å². The maximum Gasteiger partial charge on any atom is 0.234 e. The molecule has 0 bridgehead atoms. The van der Waals surface area contributed by atoms with Crippen LogP contribution in [-0.2, 0) is 11.3 Å². The van der Waals surface area contributed by atoms with Crippen molar-refractivity contribution in [2.24, 2.45) is 11.1 Å². The highest BCUT2D eigenvalue weighted by molar-refractivity contribution is 5.85. The molecule has 24 heavy (non-hydrogen) atoms. The van der Waals surface area contributed by atoms with Gasteiger partial charge in [0.2, 0.25) is 12.7 Å². The maximum absolute atomic E-state index is 12.2. The summed E-state index contributed by atoms with van der Waals surface area (Å²) >= 11 is 0. The van der Waals surface area contributed by atoms with Crippen LogP contribution in [-0.4, -0.2) is 43.3 Å². The van der Waals surface area contributed by atoms with Crippen molar-refractivity contribution < 1.29 is 14.3 Å². The Labute approximate surface area is 149 Å². The second kappa shape index (κ2) is 7.59. The van der Waals surface area contributed by atoms with Crippen molar-refractivity contribution in [3.05, 3.63) is 23.8 Å². The zero-order chi connectivity index (χ0) is 16.4. The molecule has 1 atom stereocenters. The van der Waals surface area contributed by atoms with Gasteiger partial charge >= 0.3 is 0 Å². The Morgan fingerprint density at radius 1 is 1.38 bits per heavy atom. The molecule has 2 aliphatic rings. The average Bonchev–Trinajstić information content (AvgIpc) is 2.96. The first kappa shape index (κ1) is 18.8. The fourth-order valence-electron chi connectivity index (χ4n) is 3.13. The molecule has 1 amide bonds. The highest BCUT2D eigenvalue weighted by atomic mass is 35.5. The Hall–Kier alpha value is -1.50. The van der Waals surface area contributed by atoms with Gasteiger partial charge in [0.15, 0.2) is 11.5 Å². The van der Waals surface area contributed by atoms with Gasteiger partial charge in [-0.15, -0.1) is 12.4 Å². The van der Waals surface area contributed by atoms with Gasteiger partial charge in [0.1, 0.15) is 0 Å². The summed E-state index contributed by atoms with van der Waals surface area (Å²) in [5.41, 5.74) is 7.19. The topological polar surface area (TPSA) is 76.8 Å². The van der Waals surface area contributed by atoms with E-state index in [1.165, 1.54) is 0 Å². The average molecular weight is 356 g/mol. The minimum absolute atomic E-state index is 0. The summed E-state index contributed by atoms with van der Waals surface area (Å²) < 4.78 is 10.6. The fraction of sp³-hybridized carbons (Fsp3) is 0.588. The molecular weight excluding hydrogens is 330 g/mol. The summed E-state index contributed by atoms with van der Waals surface area (Å²) in [7, 11) is 0. The number of amides is 1.